The summed E-state index contributed by atoms with van der Waals surface area (Å²) in [6.07, 6.45) is 15.2. The molecule has 0 radical (unpaired) electrons. The third kappa shape index (κ3) is 9.89. The van der Waals surface area contributed by atoms with Gasteiger partial charge in [-0.15, -0.1) is 0 Å². The minimum absolute atomic E-state index is 0.00546. The number of hydrogen-bond acceptors (Lipinski definition) is 4. The van der Waals surface area contributed by atoms with E-state index in [1.54, 1.807) is 7.11 Å². The fourth-order valence-electron chi connectivity index (χ4n) is 4.74. The minimum Gasteiger partial charge on any atom is -0.377 e. The molecule has 0 bridgehead atoms. The van der Waals surface area contributed by atoms with E-state index in [9.17, 15) is 4.79 Å². The Bertz CT molecular complexity index is 725. The number of methoxy groups -OCH3 is 1. The van der Waals surface area contributed by atoms with Gasteiger partial charge in [-0.25, -0.2) is 0 Å². The molecule has 0 spiro atoms. The lowest BCUT2D eigenvalue weighted by Crippen LogP contribution is -2.51. The molecule has 0 aromatic rings. The molecule has 1 amide bonds. The zero-order valence-corrected chi connectivity index (χ0v) is 23.1. The number of amides is 1. The third-order valence-corrected chi connectivity index (χ3v) is 6.79. The molecule has 6 unspecified atom stereocenters. The van der Waals surface area contributed by atoms with Crippen molar-refractivity contribution in [3.63, 3.8) is 0 Å². The van der Waals surface area contributed by atoms with Gasteiger partial charge in [-0.2, -0.15) is 0 Å². The second kappa shape index (κ2) is 16.1. The molecule has 0 aromatic heterocycles. The number of ether oxygens (including phenoxy) is 2. The van der Waals surface area contributed by atoms with Crippen LogP contribution in [0.1, 0.15) is 74.7 Å². The van der Waals surface area contributed by atoms with Crippen LogP contribution in [0.4, 0.5) is 0 Å². The molecule has 5 nitrogen and oxygen atoms in total. The number of rotatable bonds is 13. The van der Waals surface area contributed by atoms with Crippen LogP contribution in [0.3, 0.4) is 0 Å². The Morgan fingerprint density at radius 2 is 1.91 bits per heavy atom. The van der Waals surface area contributed by atoms with E-state index >= 15 is 0 Å². The highest BCUT2D eigenvalue weighted by Gasteiger charge is 2.29. The maximum absolute atomic E-state index is 13.0. The van der Waals surface area contributed by atoms with Gasteiger partial charge in [0, 0.05) is 49.9 Å². The summed E-state index contributed by atoms with van der Waals surface area (Å²) in [7, 11) is 1.77. The topological polar surface area (TPSA) is 50.8 Å². The SMILES string of the molecule is C/C=C\C(OC)C(C)/C(C)=C/C(C)N1CCC(NC(=O)C(/C=C\CC)=C/C(C)OCC)CC1C. The van der Waals surface area contributed by atoms with Crippen LogP contribution in [0.2, 0.25) is 0 Å². The predicted octanol–water partition coefficient (Wildman–Crippen LogP) is 5.84. The summed E-state index contributed by atoms with van der Waals surface area (Å²) in [5, 5.41) is 3.28. The van der Waals surface area contributed by atoms with Crippen LogP contribution in [0.25, 0.3) is 0 Å². The van der Waals surface area contributed by atoms with Gasteiger partial charge in [0.05, 0.1) is 12.2 Å². The standard InChI is InChI=1S/C29H50N2O3/c1-10-13-15-26(20-24(7)34-12-3)29(32)30-27-16-17-31(23(6)19-27)22(5)18-21(4)25(8)28(33-9)14-11-2/h11,13-15,18,20,22-25,27-28H,10,12,16-17,19H2,1-9H3,(H,30,32)/b14-11-,15-13-,21-18+,26-20+. The largest absolute Gasteiger partial charge is 0.377 e. The molecule has 1 heterocycles. The number of nitrogens with one attached hydrogen (secondary N) is 1. The maximum Gasteiger partial charge on any atom is 0.251 e. The van der Waals surface area contributed by atoms with Crippen molar-refractivity contribution in [3.8, 4) is 0 Å². The van der Waals surface area contributed by atoms with Crippen molar-refractivity contribution >= 4 is 5.91 Å². The zero-order chi connectivity index (χ0) is 25.7. The molecule has 1 aliphatic heterocycles. The van der Waals surface area contributed by atoms with Crippen molar-refractivity contribution in [3.05, 3.63) is 47.6 Å². The van der Waals surface area contributed by atoms with E-state index in [1.807, 2.05) is 39.0 Å². The van der Waals surface area contributed by atoms with Gasteiger partial charge in [-0.05, 0) is 66.9 Å². The van der Waals surface area contributed by atoms with Gasteiger partial charge in [0.25, 0.3) is 5.91 Å². The van der Waals surface area contributed by atoms with Gasteiger partial charge >= 0.3 is 0 Å². The molecular formula is C29H50N2O3. The van der Waals surface area contributed by atoms with Gasteiger partial charge in [0.1, 0.15) is 0 Å². The highest BCUT2D eigenvalue weighted by Crippen LogP contribution is 2.24. The van der Waals surface area contributed by atoms with Crippen molar-refractivity contribution in [2.24, 2.45) is 5.92 Å². The van der Waals surface area contributed by atoms with Crippen LogP contribution < -0.4 is 5.32 Å². The summed E-state index contributed by atoms with van der Waals surface area (Å²) in [5.74, 6) is 0.324. The Balaban J connectivity index is 2.79. The Kier molecular flexibility index (Phi) is 14.3. The normalized spacial score (nSPS) is 24.4. The molecule has 34 heavy (non-hydrogen) atoms. The molecule has 0 aromatic carbocycles. The van der Waals surface area contributed by atoms with Crippen molar-refractivity contribution in [2.75, 3.05) is 20.3 Å². The molecule has 1 fully saturated rings. The van der Waals surface area contributed by atoms with Gasteiger partial charge in [-0.3, -0.25) is 9.69 Å². The van der Waals surface area contributed by atoms with Crippen LogP contribution in [-0.4, -0.2) is 61.4 Å². The van der Waals surface area contributed by atoms with Gasteiger partial charge in [0.15, 0.2) is 0 Å². The van der Waals surface area contributed by atoms with Crippen LogP contribution in [0.5, 0.6) is 0 Å². The highest BCUT2D eigenvalue weighted by atomic mass is 16.5. The van der Waals surface area contributed by atoms with E-state index in [0.29, 0.717) is 30.2 Å². The average molecular weight is 475 g/mol. The molecule has 5 heteroatoms. The lowest BCUT2D eigenvalue weighted by Gasteiger charge is -2.41. The number of piperidine rings is 1. The first kappa shape index (κ1) is 30.3. The van der Waals surface area contributed by atoms with Crippen LogP contribution in [0.15, 0.2) is 47.6 Å². The van der Waals surface area contributed by atoms with E-state index in [2.05, 4.69) is 63.1 Å². The number of likely N-dealkylation sites (tertiary alicyclic amines) is 1. The van der Waals surface area contributed by atoms with Gasteiger partial charge in [0.2, 0.25) is 0 Å². The van der Waals surface area contributed by atoms with Gasteiger partial charge < -0.3 is 14.8 Å². The van der Waals surface area contributed by atoms with Crippen molar-refractivity contribution in [2.45, 2.75) is 105 Å². The summed E-state index contributed by atoms with van der Waals surface area (Å²) in [4.78, 5) is 15.6. The molecule has 1 saturated heterocycles. The summed E-state index contributed by atoms with van der Waals surface area (Å²) >= 11 is 0. The van der Waals surface area contributed by atoms with Crippen LogP contribution in [0, 0.1) is 5.92 Å². The second-order valence-corrected chi connectivity index (χ2v) is 9.54. The lowest BCUT2D eigenvalue weighted by atomic mass is 9.92. The number of carbonyl (C=O) groups excluding carboxylic acids is 1. The number of allylic oxidation sites excluding steroid dienone is 2. The highest BCUT2D eigenvalue weighted by molar-refractivity contribution is 5.96. The number of carbonyl (C=O) groups is 1. The monoisotopic (exact) mass is 474 g/mol. The number of nitrogens with zero attached hydrogens (tertiary/aromatic N) is 1. The quantitative estimate of drug-likeness (QED) is 0.207. The van der Waals surface area contributed by atoms with E-state index in [1.165, 1.54) is 5.57 Å². The number of hydrogen-bond donors (Lipinski definition) is 1. The van der Waals surface area contributed by atoms with Crippen LogP contribution in [-0.2, 0) is 14.3 Å². The van der Waals surface area contributed by atoms with Crippen molar-refractivity contribution in [1.29, 1.82) is 0 Å². The molecule has 0 saturated carbocycles. The van der Waals surface area contributed by atoms with Crippen molar-refractivity contribution in [1.82, 2.24) is 10.2 Å². The molecule has 0 aliphatic carbocycles. The molecule has 1 rings (SSSR count). The summed E-state index contributed by atoms with van der Waals surface area (Å²) in [6, 6.07) is 0.915. The Labute approximate surface area is 209 Å². The summed E-state index contributed by atoms with van der Waals surface area (Å²) in [5.41, 5.74) is 2.04. The predicted molar refractivity (Wildman–Crippen MR) is 144 cm³/mol. The second-order valence-electron chi connectivity index (χ2n) is 9.54. The molecule has 1 aliphatic rings. The third-order valence-electron chi connectivity index (χ3n) is 6.79. The Morgan fingerprint density at radius 1 is 1.21 bits per heavy atom. The molecule has 1 N–H and O–H groups in total. The summed E-state index contributed by atoms with van der Waals surface area (Å²) in [6.45, 7) is 18.6. The fourth-order valence-corrected chi connectivity index (χ4v) is 4.74. The van der Waals surface area contributed by atoms with Gasteiger partial charge in [-0.1, -0.05) is 49.8 Å². The Morgan fingerprint density at radius 3 is 2.47 bits per heavy atom. The van der Waals surface area contributed by atoms with E-state index in [4.69, 9.17) is 9.47 Å². The Hall–Kier alpha value is -1.69. The van der Waals surface area contributed by atoms with E-state index in [0.717, 1.165) is 25.8 Å². The first-order valence-electron chi connectivity index (χ1n) is 13.1. The lowest BCUT2D eigenvalue weighted by molar-refractivity contribution is -0.118. The zero-order valence-electron chi connectivity index (χ0n) is 23.1. The smallest absolute Gasteiger partial charge is 0.251 e. The van der Waals surface area contributed by atoms with Crippen LogP contribution >= 0.6 is 0 Å². The molecular weight excluding hydrogens is 424 g/mol. The van der Waals surface area contributed by atoms with E-state index < -0.39 is 0 Å². The van der Waals surface area contributed by atoms with E-state index in [-0.39, 0.29) is 24.2 Å². The fraction of sp³-hybridized carbons (Fsp3) is 0.690. The maximum atomic E-state index is 13.0. The molecule has 194 valence electrons. The first-order chi connectivity index (χ1) is 16.2. The summed E-state index contributed by atoms with van der Waals surface area (Å²) < 4.78 is 11.3. The van der Waals surface area contributed by atoms with Crippen molar-refractivity contribution < 1.29 is 14.3 Å². The minimum atomic E-state index is -0.0863. The molecule has 6 atom stereocenters. The average Bonchev–Trinajstić information content (AvgIpc) is 2.79. The first-order valence-corrected chi connectivity index (χ1v) is 13.1.